The van der Waals surface area contributed by atoms with Gasteiger partial charge in [0, 0.05) is 37.4 Å². The van der Waals surface area contributed by atoms with E-state index < -0.39 is 27.2 Å². The van der Waals surface area contributed by atoms with Crippen molar-refractivity contribution in [3.8, 4) is 5.75 Å². The first kappa shape index (κ1) is 23.5. The van der Waals surface area contributed by atoms with Gasteiger partial charge in [-0.2, -0.15) is 0 Å². The van der Waals surface area contributed by atoms with Crippen LogP contribution in [-0.4, -0.2) is 72.4 Å². The second-order valence-electron chi connectivity index (χ2n) is 7.66. The van der Waals surface area contributed by atoms with Gasteiger partial charge < -0.3 is 19.1 Å². The Bertz CT molecular complexity index is 774. The lowest BCUT2D eigenvalue weighted by Gasteiger charge is -2.27. The molecule has 166 valence electrons. The first-order chi connectivity index (χ1) is 14.1. The Morgan fingerprint density at radius 2 is 1.90 bits per heavy atom. The van der Waals surface area contributed by atoms with Crippen LogP contribution in [0.1, 0.15) is 12.8 Å². The normalized spacial score (nSPS) is 18.5. The molecule has 1 heterocycles. The van der Waals surface area contributed by atoms with Crippen LogP contribution in [0.4, 0.5) is 15.3 Å². The van der Waals surface area contributed by atoms with Crippen molar-refractivity contribution in [3.63, 3.8) is 0 Å². The fourth-order valence-electron chi connectivity index (χ4n) is 2.60. The average Bonchev–Trinajstić information content (AvgIpc) is 2.63. The van der Waals surface area contributed by atoms with E-state index in [2.05, 4.69) is 18.8 Å². The van der Waals surface area contributed by atoms with Crippen molar-refractivity contribution in [1.29, 1.82) is 0 Å². The SMILES string of the molecule is CS(C)(C)CCOC(=O)N1CC/C=C/[C@@H](OC(=O)Oc2ccc([N+](=O)[O-])cc2)CC1. The highest BCUT2D eigenvalue weighted by Gasteiger charge is 2.21. The van der Waals surface area contributed by atoms with Crippen LogP contribution in [-0.2, 0) is 9.47 Å². The van der Waals surface area contributed by atoms with Gasteiger partial charge in [0.25, 0.3) is 5.69 Å². The number of ether oxygens (including phenoxy) is 3. The fourth-order valence-corrected chi connectivity index (χ4v) is 3.18. The van der Waals surface area contributed by atoms with E-state index in [1.165, 1.54) is 24.3 Å². The quantitative estimate of drug-likeness (QED) is 0.217. The Morgan fingerprint density at radius 1 is 1.20 bits per heavy atom. The first-order valence-electron chi connectivity index (χ1n) is 9.51. The summed E-state index contributed by atoms with van der Waals surface area (Å²) in [5.41, 5.74) is -0.102. The summed E-state index contributed by atoms with van der Waals surface area (Å²) in [7, 11) is -0.730. The zero-order valence-corrected chi connectivity index (χ0v) is 18.3. The number of nitrogens with zero attached hydrogens (tertiary/aromatic N) is 2. The highest BCUT2D eigenvalue weighted by atomic mass is 32.3. The van der Waals surface area contributed by atoms with Gasteiger partial charge in [-0.1, -0.05) is 6.08 Å². The van der Waals surface area contributed by atoms with Gasteiger partial charge in [0.2, 0.25) is 0 Å². The van der Waals surface area contributed by atoms with Crippen LogP contribution in [0.5, 0.6) is 5.75 Å². The van der Waals surface area contributed by atoms with Gasteiger partial charge in [0.15, 0.2) is 0 Å². The molecule has 0 saturated carbocycles. The molecule has 9 nitrogen and oxygen atoms in total. The summed E-state index contributed by atoms with van der Waals surface area (Å²) in [5, 5.41) is 10.7. The summed E-state index contributed by atoms with van der Waals surface area (Å²) in [6.07, 6.45) is 9.32. The Hall–Kier alpha value is -2.75. The number of non-ortho nitro benzene ring substituents is 1. The fraction of sp³-hybridized carbons (Fsp3) is 0.500. The number of hydrogen-bond donors (Lipinski definition) is 0. The third kappa shape index (κ3) is 8.32. The van der Waals surface area contributed by atoms with Crippen LogP contribution in [0, 0.1) is 10.1 Å². The van der Waals surface area contributed by atoms with Gasteiger partial charge in [0.1, 0.15) is 18.5 Å². The molecule has 1 atom stereocenters. The summed E-state index contributed by atoms with van der Waals surface area (Å²) in [6, 6.07) is 5.13. The highest BCUT2D eigenvalue weighted by molar-refractivity contribution is 8.32. The summed E-state index contributed by atoms with van der Waals surface area (Å²) < 4.78 is 15.7. The van der Waals surface area contributed by atoms with E-state index in [4.69, 9.17) is 14.2 Å². The zero-order valence-electron chi connectivity index (χ0n) is 17.4. The molecule has 1 aliphatic heterocycles. The summed E-state index contributed by atoms with van der Waals surface area (Å²) in [4.78, 5) is 36.1. The van der Waals surface area contributed by atoms with E-state index in [9.17, 15) is 19.7 Å². The predicted molar refractivity (Wildman–Crippen MR) is 116 cm³/mol. The maximum Gasteiger partial charge on any atom is 0.514 e. The Balaban J connectivity index is 1.82. The molecule has 0 aromatic heterocycles. The van der Waals surface area contributed by atoms with Gasteiger partial charge >= 0.3 is 12.2 Å². The molecule has 0 unspecified atom stereocenters. The largest absolute Gasteiger partial charge is 0.514 e. The monoisotopic (exact) mass is 440 g/mol. The first-order valence-corrected chi connectivity index (χ1v) is 12.5. The van der Waals surface area contributed by atoms with Crippen LogP contribution in [0.15, 0.2) is 36.4 Å². The summed E-state index contributed by atoms with van der Waals surface area (Å²) >= 11 is 0. The van der Waals surface area contributed by atoms with E-state index in [-0.39, 0.29) is 17.5 Å². The second-order valence-corrected chi connectivity index (χ2v) is 12.3. The van der Waals surface area contributed by atoms with E-state index in [1.807, 2.05) is 6.08 Å². The molecule has 1 amide bonds. The molecule has 0 fully saturated rings. The van der Waals surface area contributed by atoms with Crippen molar-refractivity contribution in [2.24, 2.45) is 0 Å². The number of benzene rings is 1. The highest BCUT2D eigenvalue weighted by Crippen LogP contribution is 2.33. The molecule has 0 radical (unpaired) electrons. The third-order valence-corrected chi connectivity index (χ3v) is 5.67. The lowest BCUT2D eigenvalue weighted by Crippen LogP contribution is -2.37. The van der Waals surface area contributed by atoms with Crippen molar-refractivity contribution < 1.29 is 28.7 Å². The lowest BCUT2D eigenvalue weighted by molar-refractivity contribution is -0.384. The standard InChI is InChI=1S/C20H28N2O7S/c1-30(2,3)15-14-27-19(23)21-12-5-4-6-17(11-13-21)28-20(24)29-18-9-7-16(8-10-18)22(25)26/h4,6-10,17H,5,11-15H2,1-3H3/b6-4+/t17-/m1/s1. The van der Waals surface area contributed by atoms with Gasteiger partial charge in [-0.05, 0) is 43.4 Å². The van der Waals surface area contributed by atoms with Crippen LogP contribution in [0.25, 0.3) is 0 Å². The molecule has 1 aromatic carbocycles. The number of carbonyl (C=O) groups excluding carboxylic acids is 2. The van der Waals surface area contributed by atoms with Crippen molar-refractivity contribution in [3.05, 3.63) is 46.5 Å². The molecule has 10 heteroatoms. The molecule has 30 heavy (non-hydrogen) atoms. The number of carbonyl (C=O) groups is 2. The van der Waals surface area contributed by atoms with Crippen LogP contribution < -0.4 is 4.74 Å². The molecule has 0 saturated heterocycles. The van der Waals surface area contributed by atoms with E-state index in [0.29, 0.717) is 32.5 Å². The maximum absolute atomic E-state index is 12.3. The smallest absolute Gasteiger partial charge is 0.449 e. The summed E-state index contributed by atoms with van der Waals surface area (Å²) in [6.45, 7) is 1.32. The zero-order chi connectivity index (χ0) is 22.1. The third-order valence-electron chi connectivity index (χ3n) is 4.28. The van der Waals surface area contributed by atoms with Gasteiger partial charge in [-0.15, -0.1) is 0 Å². The van der Waals surface area contributed by atoms with Gasteiger partial charge in [-0.3, -0.25) is 10.1 Å². The van der Waals surface area contributed by atoms with Gasteiger partial charge in [-0.25, -0.2) is 19.6 Å². The molecule has 2 rings (SSSR count). The topological polar surface area (TPSA) is 108 Å². The van der Waals surface area contributed by atoms with E-state index in [1.54, 1.807) is 11.0 Å². The molecule has 1 aliphatic rings. The maximum atomic E-state index is 12.3. The van der Waals surface area contributed by atoms with Crippen molar-refractivity contribution in [2.45, 2.75) is 18.9 Å². The van der Waals surface area contributed by atoms with E-state index in [0.717, 1.165) is 5.75 Å². The van der Waals surface area contributed by atoms with Crippen molar-refractivity contribution in [2.75, 3.05) is 44.2 Å². The number of nitro benzene ring substituents is 1. The number of hydrogen-bond acceptors (Lipinski definition) is 7. The molecular formula is C20H28N2O7S. The second kappa shape index (κ2) is 10.9. The predicted octanol–water partition coefficient (Wildman–Crippen LogP) is 3.96. The summed E-state index contributed by atoms with van der Waals surface area (Å²) in [5.74, 6) is 0.999. The van der Waals surface area contributed by atoms with Crippen LogP contribution in [0.2, 0.25) is 0 Å². The molecule has 1 aromatic rings. The number of rotatable bonds is 6. The average molecular weight is 441 g/mol. The van der Waals surface area contributed by atoms with Crippen LogP contribution in [0.3, 0.4) is 0 Å². The van der Waals surface area contributed by atoms with Crippen molar-refractivity contribution in [1.82, 2.24) is 4.90 Å². The molecule has 0 aliphatic carbocycles. The molecule has 0 N–H and O–H groups in total. The van der Waals surface area contributed by atoms with E-state index >= 15 is 0 Å². The minimum Gasteiger partial charge on any atom is -0.449 e. The Morgan fingerprint density at radius 3 is 2.53 bits per heavy atom. The Kier molecular flexibility index (Phi) is 8.52. The number of nitro groups is 1. The Labute approximate surface area is 177 Å². The minimum atomic E-state index is -0.915. The minimum absolute atomic E-state index is 0.102. The molecule has 0 spiro atoms. The number of amides is 1. The molecular weight excluding hydrogens is 412 g/mol. The lowest BCUT2D eigenvalue weighted by atomic mass is 10.1. The van der Waals surface area contributed by atoms with Crippen LogP contribution >= 0.6 is 10.0 Å². The van der Waals surface area contributed by atoms with Gasteiger partial charge in [0.05, 0.1) is 4.92 Å². The van der Waals surface area contributed by atoms with Crippen molar-refractivity contribution >= 4 is 28.0 Å². The molecule has 0 bridgehead atoms.